The molecule has 3 aromatic rings. The normalized spacial score (nSPS) is 22.7. The van der Waals surface area contributed by atoms with Gasteiger partial charge in [-0.15, -0.1) is 0 Å². The average Bonchev–Trinajstić information content (AvgIpc) is 2.77. The Morgan fingerprint density at radius 1 is 0.933 bits per heavy atom. The molecule has 1 fully saturated rings. The molecule has 5 nitrogen and oxygen atoms in total. The fourth-order valence-electron chi connectivity index (χ4n) is 3.75. The largest absolute Gasteiger partial charge is 0.385 e. The van der Waals surface area contributed by atoms with Crippen LogP contribution >= 0.6 is 23.2 Å². The highest BCUT2D eigenvalue weighted by Crippen LogP contribution is 2.43. The highest BCUT2D eigenvalue weighted by Gasteiger charge is 2.45. The summed E-state index contributed by atoms with van der Waals surface area (Å²) in [5.74, 6) is -0.301. The van der Waals surface area contributed by atoms with Gasteiger partial charge in [-0.25, -0.2) is 0 Å². The maximum Gasteiger partial charge on any atom is 0.255 e. The molecule has 2 heterocycles. The lowest BCUT2D eigenvalue weighted by atomic mass is 9.90. The van der Waals surface area contributed by atoms with E-state index >= 15 is 0 Å². The van der Waals surface area contributed by atoms with E-state index in [1.54, 1.807) is 60.7 Å². The number of hydrogen-bond acceptors (Lipinski definition) is 4. The lowest BCUT2D eigenvalue weighted by Crippen LogP contribution is -2.51. The molecule has 0 radical (unpaired) electrons. The van der Waals surface area contributed by atoms with Crippen LogP contribution in [0.1, 0.15) is 34.9 Å². The summed E-state index contributed by atoms with van der Waals surface area (Å²) >= 11 is 12.1. The molecule has 1 amide bonds. The molecule has 1 saturated heterocycles. The first-order valence-corrected chi connectivity index (χ1v) is 10.2. The molecule has 4 atom stereocenters. The Labute approximate surface area is 184 Å². The monoisotopic (exact) mass is 442 g/mol. The third-order valence-corrected chi connectivity index (χ3v) is 5.84. The van der Waals surface area contributed by atoms with Crippen LogP contribution in [-0.4, -0.2) is 34.0 Å². The molecule has 0 saturated carbocycles. The number of morpholine rings is 1. The molecule has 1 aliphatic heterocycles. The second kappa shape index (κ2) is 8.74. The van der Waals surface area contributed by atoms with Gasteiger partial charge in [0.05, 0.1) is 6.04 Å². The van der Waals surface area contributed by atoms with E-state index < -0.39 is 24.4 Å². The van der Waals surface area contributed by atoms with Crippen LogP contribution in [-0.2, 0) is 9.53 Å². The number of carbonyl (C=O) groups is 1. The van der Waals surface area contributed by atoms with Gasteiger partial charge in [-0.2, -0.15) is 0 Å². The summed E-state index contributed by atoms with van der Waals surface area (Å²) in [6, 6.07) is 17.6. The smallest absolute Gasteiger partial charge is 0.255 e. The van der Waals surface area contributed by atoms with Crippen molar-refractivity contribution in [2.24, 2.45) is 0 Å². The number of benzene rings is 2. The molecular formula is C23H20Cl2N2O3. The molecule has 7 heteroatoms. The van der Waals surface area contributed by atoms with Crippen LogP contribution in [0.4, 0.5) is 0 Å². The summed E-state index contributed by atoms with van der Waals surface area (Å²) in [7, 11) is 1.72. The maximum atomic E-state index is 13.2. The summed E-state index contributed by atoms with van der Waals surface area (Å²) in [4.78, 5) is 18.8. The third kappa shape index (κ3) is 4.07. The molecule has 0 unspecified atom stereocenters. The molecule has 0 spiro atoms. The standard InChI is InChI=1S/C23H20Cl2N2O3/c1-27-19(14-2-6-17(24)7-3-14)21(16-4-8-18(25)9-5-16)30-22(23(27)29)20(28)15-10-12-26-13-11-15/h2-13,19-22,28H,1H3/t19-,20-,21+,22+/m1/s1. The summed E-state index contributed by atoms with van der Waals surface area (Å²) < 4.78 is 6.27. The van der Waals surface area contributed by atoms with Crippen LogP contribution in [0, 0.1) is 0 Å². The van der Waals surface area contributed by atoms with E-state index in [0.717, 1.165) is 11.1 Å². The average molecular weight is 443 g/mol. The van der Waals surface area contributed by atoms with Gasteiger partial charge >= 0.3 is 0 Å². The van der Waals surface area contributed by atoms with Gasteiger partial charge in [0.25, 0.3) is 5.91 Å². The van der Waals surface area contributed by atoms with E-state index in [9.17, 15) is 9.90 Å². The minimum atomic E-state index is -1.12. The Kier molecular flexibility index (Phi) is 6.06. The van der Waals surface area contributed by atoms with Gasteiger partial charge in [-0.3, -0.25) is 9.78 Å². The van der Waals surface area contributed by atoms with Gasteiger partial charge in [0, 0.05) is 29.5 Å². The van der Waals surface area contributed by atoms with Crippen LogP contribution < -0.4 is 0 Å². The number of nitrogens with zero attached hydrogens (tertiary/aromatic N) is 2. The Morgan fingerprint density at radius 2 is 1.47 bits per heavy atom. The van der Waals surface area contributed by atoms with Crippen molar-refractivity contribution in [3.8, 4) is 0 Å². The van der Waals surface area contributed by atoms with Gasteiger partial charge in [-0.1, -0.05) is 47.5 Å². The Hall–Kier alpha value is -2.44. The third-order valence-electron chi connectivity index (χ3n) is 5.33. The lowest BCUT2D eigenvalue weighted by molar-refractivity contribution is -0.185. The number of rotatable bonds is 4. The predicted molar refractivity (Wildman–Crippen MR) is 115 cm³/mol. The molecule has 4 rings (SSSR count). The maximum absolute atomic E-state index is 13.2. The second-order valence-electron chi connectivity index (χ2n) is 7.20. The second-order valence-corrected chi connectivity index (χ2v) is 8.07. The van der Waals surface area contributed by atoms with Gasteiger partial charge < -0.3 is 14.7 Å². The minimum Gasteiger partial charge on any atom is -0.385 e. The van der Waals surface area contributed by atoms with Crippen LogP contribution in [0.15, 0.2) is 73.1 Å². The van der Waals surface area contributed by atoms with E-state index in [1.165, 1.54) is 0 Å². The molecular weight excluding hydrogens is 423 g/mol. The molecule has 0 bridgehead atoms. The number of halogens is 2. The Balaban J connectivity index is 1.74. The molecule has 1 aromatic heterocycles. The number of aromatic nitrogens is 1. The highest BCUT2D eigenvalue weighted by atomic mass is 35.5. The van der Waals surface area contributed by atoms with Gasteiger partial charge in [0.1, 0.15) is 12.2 Å². The number of aliphatic hydroxyl groups excluding tert-OH is 1. The van der Waals surface area contributed by atoms with Crippen molar-refractivity contribution in [2.45, 2.75) is 24.4 Å². The summed E-state index contributed by atoms with van der Waals surface area (Å²) in [5, 5.41) is 12.1. The summed E-state index contributed by atoms with van der Waals surface area (Å²) in [6.45, 7) is 0. The Bertz CT molecular complexity index is 1010. The zero-order valence-electron chi connectivity index (χ0n) is 16.2. The fourth-order valence-corrected chi connectivity index (χ4v) is 4.00. The van der Waals surface area contributed by atoms with Crippen molar-refractivity contribution in [3.63, 3.8) is 0 Å². The number of amides is 1. The quantitative estimate of drug-likeness (QED) is 0.632. The van der Waals surface area contributed by atoms with Crippen molar-refractivity contribution >= 4 is 29.1 Å². The number of pyridine rings is 1. The minimum absolute atomic E-state index is 0.301. The molecule has 30 heavy (non-hydrogen) atoms. The van der Waals surface area contributed by atoms with Crippen LogP contribution in [0.5, 0.6) is 0 Å². The van der Waals surface area contributed by atoms with E-state index in [-0.39, 0.29) is 5.91 Å². The highest BCUT2D eigenvalue weighted by molar-refractivity contribution is 6.30. The van der Waals surface area contributed by atoms with E-state index in [1.807, 2.05) is 24.3 Å². The molecule has 1 aliphatic rings. The van der Waals surface area contributed by atoms with Crippen molar-refractivity contribution in [1.29, 1.82) is 0 Å². The predicted octanol–water partition coefficient (Wildman–Crippen LogP) is 4.76. The Morgan fingerprint density at radius 3 is 2.03 bits per heavy atom. The number of hydrogen-bond donors (Lipinski definition) is 1. The van der Waals surface area contributed by atoms with Crippen molar-refractivity contribution in [2.75, 3.05) is 7.05 Å². The number of likely N-dealkylation sites (N-methyl/N-ethyl adjacent to an activating group) is 1. The van der Waals surface area contributed by atoms with Crippen LogP contribution in [0.3, 0.4) is 0 Å². The van der Waals surface area contributed by atoms with Crippen molar-refractivity contribution in [1.82, 2.24) is 9.88 Å². The summed E-state index contributed by atoms with van der Waals surface area (Å²) in [6.07, 6.45) is 0.462. The first-order valence-electron chi connectivity index (χ1n) is 9.47. The zero-order chi connectivity index (χ0) is 21.3. The zero-order valence-corrected chi connectivity index (χ0v) is 17.7. The van der Waals surface area contributed by atoms with E-state index in [4.69, 9.17) is 27.9 Å². The number of carbonyl (C=O) groups excluding carboxylic acids is 1. The van der Waals surface area contributed by atoms with Gasteiger partial charge in [-0.05, 0) is 53.1 Å². The molecule has 2 aromatic carbocycles. The summed E-state index contributed by atoms with van der Waals surface area (Å²) in [5.41, 5.74) is 2.30. The topological polar surface area (TPSA) is 62.7 Å². The van der Waals surface area contributed by atoms with Gasteiger partial charge in [0.2, 0.25) is 0 Å². The van der Waals surface area contributed by atoms with Crippen LogP contribution in [0.2, 0.25) is 10.0 Å². The molecule has 1 N–H and O–H groups in total. The van der Waals surface area contributed by atoms with Crippen molar-refractivity contribution in [3.05, 3.63) is 99.8 Å². The van der Waals surface area contributed by atoms with Crippen LogP contribution in [0.25, 0.3) is 0 Å². The first kappa shape index (κ1) is 20.8. The first-order chi connectivity index (χ1) is 14.5. The SMILES string of the molecule is CN1C(=O)[C@H]([C@H](O)c2ccncc2)O[C@@H](c2ccc(Cl)cc2)[C@H]1c1ccc(Cl)cc1. The molecule has 0 aliphatic carbocycles. The van der Waals surface area contributed by atoms with Crippen molar-refractivity contribution < 1.29 is 14.6 Å². The number of aliphatic hydroxyl groups is 1. The molecule has 154 valence electrons. The van der Waals surface area contributed by atoms with Gasteiger partial charge in [0.15, 0.2) is 6.10 Å². The van der Waals surface area contributed by atoms with E-state index in [0.29, 0.717) is 15.6 Å². The lowest BCUT2D eigenvalue weighted by Gasteiger charge is -2.44. The number of ether oxygens (including phenoxy) is 1. The van der Waals surface area contributed by atoms with E-state index in [2.05, 4.69) is 4.98 Å². The fraction of sp³-hybridized carbons (Fsp3) is 0.217.